The molecule has 1 aliphatic heterocycles. The highest BCUT2D eigenvalue weighted by molar-refractivity contribution is 5.28. The van der Waals surface area contributed by atoms with Gasteiger partial charge < -0.3 is 9.84 Å². The second kappa shape index (κ2) is 4.35. The van der Waals surface area contributed by atoms with Crippen LogP contribution in [0.5, 0.6) is 0 Å². The molecular weight excluding hydrogens is 188 g/mol. The lowest BCUT2D eigenvalue weighted by molar-refractivity contribution is 0.371. The molecule has 0 atom stereocenters. The number of hydrogen-bond acceptors (Lipinski definition) is 3. The summed E-state index contributed by atoms with van der Waals surface area (Å²) in [5, 5.41) is 7.64. The summed E-state index contributed by atoms with van der Waals surface area (Å²) < 4.78 is 5.34. The summed E-state index contributed by atoms with van der Waals surface area (Å²) >= 11 is 0. The van der Waals surface area contributed by atoms with Crippen LogP contribution < -0.4 is 5.32 Å². The Kier molecular flexibility index (Phi) is 3.10. The first-order valence-corrected chi connectivity index (χ1v) is 5.87. The molecule has 3 nitrogen and oxygen atoms in total. The molecule has 0 radical (unpaired) electrons. The van der Waals surface area contributed by atoms with Gasteiger partial charge in [0.1, 0.15) is 5.76 Å². The van der Waals surface area contributed by atoms with Crippen LogP contribution in [0, 0.1) is 6.92 Å². The van der Waals surface area contributed by atoms with Crippen LogP contribution in [-0.4, -0.2) is 18.2 Å². The van der Waals surface area contributed by atoms with Crippen molar-refractivity contribution in [2.45, 2.75) is 45.4 Å². The topological polar surface area (TPSA) is 38.1 Å². The van der Waals surface area contributed by atoms with Gasteiger partial charge in [-0.3, -0.25) is 0 Å². The summed E-state index contributed by atoms with van der Waals surface area (Å²) in [5.41, 5.74) is 2.55. The molecule has 3 heteroatoms. The summed E-state index contributed by atoms with van der Waals surface area (Å²) in [7, 11) is 0. The lowest BCUT2D eigenvalue weighted by Crippen LogP contribution is -2.27. The number of rotatable bonds is 2. The monoisotopic (exact) mass is 208 g/mol. The van der Waals surface area contributed by atoms with E-state index in [1.54, 1.807) is 0 Å². The van der Waals surface area contributed by atoms with E-state index in [2.05, 4.69) is 24.3 Å². The number of piperidine rings is 1. The van der Waals surface area contributed by atoms with Gasteiger partial charge >= 0.3 is 0 Å². The highest BCUT2D eigenvalue weighted by atomic mass is 16.5. The van der Waals surface area contributed by atoms with Crippen molar-refractivity contribution >= 4 is 0 Å². The Labute approximate surface area is 91.2 Å². The van der Waals surface area contributed by atoms with Crippen LogP contribution in [-0.2, 0) is 0 Å². The maximum Gasteiger partial charge on any atom is 0.137 e. The first-order valence-electron chi connectivity index (χ1n) is 5.87. The summed E-state index contributed by atoms with van der Waals surface area (Å²) in [5.74, 6) is 2.11. The molecule has 0 aliphatic carbocycles. The van der Waals surface area contributed by atoms with E-state index < -0.39 is 0 Å². The van der Waals surface area contributed by atoms with Crippen molar-refractivity contribution in [1.29, 1.82) is 0 Å². The van der Waals surface area contributed by atoms with Crippen molar-refractivity contribution in [2.75, 3.05) is 13.1 Å². The largest absolute Gasteiger partial charge is 0.361 e. The average Bonchev–Trinajstić information content (AvgIpc) is 2.61. The van der Waals surface area contributed by atoms with E-state index >= 15 is 0 Å². The molecule has 0 unspecified atom stereocenters. The Balaban J connectivity index is 2.26. The van der Waals surface area contributed by atoms with Crippen LogP contribution in [0.25, 0.3) is 0 Å². The van der Waals surface area contributed by atoms with Crippen molar-refractivity contribution < 1.29 is 4.52 Å². The minimum absolute atomic E-state index is 0.515. The lowest BCUT2D eigenvalue weighted by atomic mass is 9.88. The Morgan fingerprint density at radius 2 is 2.00 bits per heavy atom. The molecule has 2 heterocycles. The number of aryl methyl sites for hydroxylation is 1. The molecule has 1 aliphatic rings. The molecule has 1 N–H and O–H groups in total. The summed E-state index contributed by atoms with van der Waals surface area (Å²) in [6, 6.07) is 0. The second-order valence-electron chi connectivity index (χ2n) is 4.72. The summed E-state index contributed by atoms with van der Waals surface area (Å²) in [6.45, 7) is 8.66. The SMILES string of the molecule is Cc1onc(C2CCNCC2)c1C(C)C. The second-order valence-corrected chi connectivity index (χ2v) is 4.72. The minimum atomic E-state index is 0.515. The molecule has 1 fully saturated rings. The molecule has 0 bridgehead atoms. The highest BCUT2D eigenvalue weighted by Crippen LogP contribution is 2.32. The molecule has 0 amide bonds. The summed E-state index contributed by atoms with van der Waals surface area (Å²) in [4.78, 5) is 0. The van der Waals surface area contributed by atoms with Gasteiger partial charge in [-0.15, -0.1) is 0 Å². The van der Waals surface area contributed by atoms with E-state index in [-0.39, 0.29) is 0 Å². The Morgan fingerprint density at radius 1 is 1.33 bits per heavy atom. The fourth-order valence-electron chi connectivity index (χ4n) is 2.49. The van der Waals surface area contributed by atoms with E-state index in [1.165, 1.54) is 24.1 Å². The number of nitrogens with zero attached hydrogens (tertiary/aromatic N) is 1. The van der Waals surface area contributed by atoms with E-state index in [0.717, 1.165) is 18.8 Å². The molecule has 15 heavy (non-hydrogen) atoms. The van der Waals surface area contributed by atoms with Crippen molar-refractivity contribution in [3.05, 3.63) is 17.0 Å². The number of aromatic nitrogens is 1. The van der Waals surface area contributed by atoms with E-state index in [1.807, 2.05) is 6.92 Å². The van der Waals surface area contributed by atoms with E-state index in [9.17, 15) is 0 Å². The molecule has 1 aromatic heterocycles. The predicted octanol–water partition coefficient (Wildman–Crippen LogP) is 2.57. The van der Waals surface area contributed by atoms with Crippen molar-refractivity contribution in [3.63, 3.8) is 0 Å². The quantitative estimate of drug-likeness (QED) is 0.811. The highest BCUT2D eigenvalue weighted by Gasteiger charge is 2.24. The molecule has 2 rings (SSSR count). The average molecular weight is 208 g/mol. The molecule has 1 saturated heterocycles. The van der Waals surface area contributed by atoms with Crippen LogP contribution in [0.15, 0.2) is 4.52 Å². The van der Waals surface area contributed by atoms with Crippen LogP contribution in [0.3, 0.4) is 0 Å². The number of hydrogen-bond donors (Lipinski definition) is 1. The van der Waals surface area contributed by atoms with Crippen LogP contribution in [0.4, 0.5) is 0 Å². The van der Waals surface area contributed by atoms with Gasteiger partial charge in [-0.05, 0) is 38.8 Å². The fourth-order valence-corrected chi connectivity index (χ4v) is 2.49. The zero-order valence-corrected chi connectivity index (χ0v) is 9.84. The Morgan fingerprint density at radius 3 is 2.60 bits per heavy atom. The number of nitrogens with one attached hydrogen (secondary N) is 1. The standard InChI is InChI=1S/C12H20N2O/c1-8(2)11-9(3)15-14-12(11)10-4-6-13-7-5-10/h8,10,13H,4-7H2,1-3H3. The van der Waals surface area contributed by atoms with Gasteiger partial charge in [0, 0.05) is 11.5 Å². The van der Waals surface area contributed by atoms with Crippen molar-refractivity contribution in [1.82, 2.24) is 10.5 Å². The van der Waals surface area contributed by atoms with Gasteiger partial charge in [0.05, 0.1) is 5.69 Å². The van der Waals surface area contributed by atoms with Gasteiger partial charge in [-0.2, -0.15) is 0 Å². The van der Waals surface area contributed by atoms with Crippen LogP contribution in [0.2, 0.25) is 0 Å². The van der Waals surface area contributed by atoms with Gasteiger partial charge in [0.15, 0.2) is 0 Å². The maximum absolute atomic E-state index is 5.34. The van der Waals surface area contributed by atoms with Crippen molar-refractivity contribution in [3.8, 4) is 0 Å². The fraction of sp³-hybridized carbons (Fsp3) is 0.750. The smallest absolute Gasteiger partial charge is 0.137 e. The molecule has 0 aromatic carbocycles. The first-order chi connectivity index (χ1) is 7.20. The maximum atomic E-state index is 5.34. The third kappa shape index (κ3) is 2.07. The lowest BCUT2D eigenvalue weighted by Gasteiger charge is -2.22. The third-order valence-electron chi connectivity index (χ3n) is 3.24. The van der Waals surface area contributed by atoms with Gasteiger partial charge in [-0.1, -0.05) is 19.0 Å². The zero-order valence-electron chi connectivity index (χ0n) is 9.84. The zero-order chi connectivity index (χ0) is 10.8. The van der Waals surface area contributed by atoms with Crippen LogP contribution >= 0.6 is 0 Å². The van der Waals surface area contributed by atoms with Gasteiger partial charge in [0.25, 0.3) is 0 Å². The molecular formula is C12H20N2O. The minimum Gasteiger partial charge on any atom is -0.361 e. The van der Waals surface area contributed by atoms with Gasteiger partial charge in [0.2, 0.25) is 0 Å². The molecule has 84 valence electrons. The molecule has 1 aromatic rings. The first kappa shape index (κ1) is 10.7. The summed E-state index contributed by atoms with van der Waals surface area (Å²) in [6.07, 6.45) is 2.37. The predicted molar refractivity (Wildman–Crippen MR) is 60.2 cm³/mol. The third-order valence-corrected chi connectivity index (χ3v) is 3.24. The molecule has 0 spiro atoms. The Hall–Kier alpha value is -0.830. The molecule has 0 saturated carbocycles. The normalized spacial score (nSPS) is 18.7. The van der Waals surface area contributed by atoms with Crippen molar-refractivity contribution in [2.24, 2.45) is 0 Å². The van der Waals surface area contributed by atoms with Gasteiger partial charge in [-0.25, -0.2) is 0 Å². The van der Waals surface area contributed by atoms with E-state index in [0.29, 0.717) is 11.8 Å². The van der Waals surface area contributed by atoms with E-state index in [4.69, 9.17) is 4.52 Å². The van der Waals surface area contributed by atoms with Crippen LogP contribution in [0.1, 0.15) is 55.5 Å². The Bertz CT molecular complexity index is 324.